The lowest BCUT2D eigenvalue weighted by Crippen LogP contribution is -2.56. The fourth-order valence-electron chi connectivity index (χ4n) is 4.61. The summed E-state index contributed by atoms with van der Waals surface area (Å²) >= 11 is 3.33. The van der Waals surface area contributed by atoms with Gasteiger partial charge in [0.15, 0.2) is 5.78 Å². The molecule has 2 aromatic rings. The zero-order chi connectivity index (χ0) is 23.3. The molecular formula is C22H25BrN4O4S. The van der Waals surface area contributed by atoms with E-state index in [1.54, 1.807) is 12.3 Å². The highest BCUT2D eigenvalue weighted by Crippen LogP contribution is 2.44. The number of rotatable bonds is 4. The lowest BCUT2D eigenvalue weighted by molar-refractivity contribution is 0.0985. The Balaban J connectivity index is 1.76. The first-order chi connectivity index (χ1) is 15.1. The van der Waals surface area contributed by atoms with Gasteiger partial charge in [-0.3, -0.25) is 4.79 Å². The number of halogens is 1. The Kier molecular flexibility index (Phi) is 5.79. The first-order valence-corrected chi connectivity index (χ1v) is 12.6. The van der Waals surface area contributed by atoms with Gasteiger partial charge in [0.05, 0.1) is 7.11 Å². The minimum atomic E-state index is -3.65. The Bertz CT molecular complexity index is 1230. The maximum Gasteiger partial charge on any atom is 0.242 e. The Morgan fingerprint density at radius 2 is 2.12 bits per heavy atom. The second-order valence-corrected chi connectivity index (χ2v) is 11.4. The monoisotopic (exact) mass is 520 g/mol. The molecule has 1 aromatic heterocycles. The highest BCUT2D eigenvalue weighted by Gasteiger charge is 2.51. The number of fused-ring (bicyclic) bond motifs is 3. The van der Waals surface area contributed by atoms with Crippen LogP contribution in [0.1, 0.15) is 46.9 Å². The zero-order valence-corrected chi connectivity index (χ0v) is 20.5. The summed E-state index contributed by atoms with van der Waals surface area (Å²) in [5.74, 6) is 0.176. The molecular weight excluding hydrogens is 496 g/mol. The highest BCUT2D eigenvalue weighted by molar-refractivity contribution is 9.10. The molecule has 0 spiro atoms. The van der Waals surface area contributed by atoms with E-state index in [0.717, 1.165) is 33.8 Å². The molecule has 32 heavy (non-hydrogen) atoms. The van der Waals surface area contributed by atoms with Crippen molar-refractivity contribution < 1.29 is 17.9 Å². The van der Waals surface area contributed by atoms with Crippen LogP contribution in [0.3, 0.4) is 0 Å². The van der Waals surface area contributed by atoms with Crippen LogP contribution in [0.15, 0.2) is 39.9 Å². The predicted octanol–water partition coefficient (Wildman–Crippen LogP) is 2.79. The van der Waals surface area contributed by atoms with Gasteiger partial charge in [-0.25, -0.2) is 22.7 Å². The molecule has 0 saturated carbocycles. The first kappa shape index (κ1) is 22.7. The van der Waals surface area contributed by atoms with Gasteiger partial charge < -0.3 is 10.5 Å². The van der Waals surface area contributed by atoms with Gasteiger partial charge in [0.2, 0.25) is 16.0 Å². The number of aliphatic imine (C=N–C) groups is 1. The van der Waals surface area contributed by atoms with Crippen LogP contribution in [-0.2, 0) is 28.4 Å². The number of aromatic nitrogens is 1. The van der Waals surface area contributed by atoms with E-state index in [9.17, 15) is 13.2 Å². The summed E-state index contributed by atoms with van der Waals surface area (Å²) in [6.07, 6.45) is 3.62. The number of methoxy groups -OCH3 is 1. The summed E-state index contributed by atoms with van der Waals surface area (Å²) in [5, 5.41) is -0.715. The SMILES string of the molecule is COc1cc(Br)cnc1C(=O)Cc1ccc2c(c1)[C@@]1(C)N=C(N)N(C)S(=O)(=O)[C@H]1CCC2. The molecule has 1 aliphatic carbocycles. The Hall–Kier alpha value is -2.46. The van der Waals surface area contributed by atoms with Gasteiger partial charge >= 0.3 is 0 Å². The van der Waals surface area contributed by atoms with Gasteiger partial charge in [-0.15, -0.1) is 0 Å². The molecule has 10 heteroatoms. The summed E-state index contributed by atoms with van der Waals surface area (Å²) in [7, 11) is -0.718. The van der Waals surface area contributed by atoms with Crippen molar-refractivity contribution >= 4 is 37.7 Å². The number of benzene rings is 1. The van der Waals surface area contributed by atoms with Crippen molar-refractivity contribution in [2.24, 2.45) is 10.7 Å². The lowest BCUT2D eigenvalue weighted by Gasteiger charge is -2.41. The molecule has 8 nitrogen and oxygen atoms in total. The number of ether oxygens (including phenoxy) is 1. The van der Waals surface area contributed by atoms with Crippen molar-refractivity contribution in [3.8, 4) is 5.75 Å². The number of hydrogen-bond acceptors (Lipinski definition) is 7. The van der Waals surface area contributed by atoms with Crippen LogP contribution in [0.5, 0.6) is 5.75 Å². The van der Waals surface area contributed by atoms with Crippen LogP contribution in [0.25, 0.3) is 0 Å². The van der Waals surface area contributed by atoms with Gasteiger partial charge in [-0.05, 0) is 64.9 Å². The normalized spacial score (nSPS) is 24.1. The van der Waals surface area contributed by atoms with E-state index in [1.165, 1.54) is 14.2 Å². The number of guanidine groups is 1. The molecule has 0 saturated heterocycles. The number of nitrogens with zero attached hydrogens (tertiary/aromatic N) is 3. The Morgan fingerprint density at radius 1 is 1.38 bits per heavy atom. The molecule has 1 aliphatic heterocycles. The van der Waals surface area contributed by atoms with Crippen LogP contribution in [-0.4, -0.2) is 48.9 Å². The third kappa shape index (κ3) is 3.69. The molecule has 0 amide bonds. The molecule has 2 aliphatic rings. The molecule has 0 unspecified atom stereocenters. The number of carbonyl (C=O) groups is 1. The molecule has 1 aromatic carbocycles. The fourth-order valence-corrected chi connectivity index (χ4v) is 6.83. The summed E-state index contributed by atoms with van der Waals surface area (Å²) in [4.78, 5) is 21.9. The summed E-state index contributed by atoms with van der Waals surface area (Å²) in [5.41, 5.74) is 7.83. The maximum atomic E-state index is 13.2. The molecule has 2 N–H and O–H groups in total. The van der Waals surface area contributed by atoms with Crippen molar-refractivity contribution in [3.05, 3.63) is 57.3 Å². The van der Waals surface area contributed by atoms with Crippen molar-refractivity contribution in [1.29, 1.82) is 0 Å². The van der Waals surface area contributed by atoms with E-state index in [4.69, 9.17) is 10.5 Å². The first-order valence-electron chi connectivity index (χ1n) is 10.3. The van der Waals surface area contributed by atoms with E-state index < -0.39 is 20.8 Å². The summed E-state index contributed by atoms with van der Waals surface area (Å²) < 4.78 is 33.4. The number of aryl methyl sites for hydroxylation is 1. The third-order valence-corrected chi connectivity index (χ3v) is 9.14. The van der Waals surface area contributed by atoms with Crippen LogP contribution < -0.4 is 10.5 Å². The number of hydrogen-bond donors (Lipinski definition) is 1. The van der Waals surface area contributed by atoms with Gasteiger partial charge in [-0.1, -0.05) is 18.2 Å². The van der Waals surface area contributed by atoms with E-state index in [1.807, 2.05) is 25.1 Å². The van der Waals surface area contributed by atoms with Crippen molar-refractivity contribution in [1.82, 2.24) is 9.29 Å². The number of sulfonamides is 1. The second-order valence-electron chi connectivity index (χ2n) is 8.31. The molecule has 2 heterocycles. The third-order valence-electron chi connectivity index (χ3n) is 6.34. The fraction of sp³-hybridized carbons (Fsp3) is 0.409. The maximum absolute atomic E-state index is 13.2. The quantitative estimate of drug-likeness (QED) is 0.619. The molecule has 0 bridgehead atoms. The van der Waals surface area contributed by atoms with E-state index >= 15 is 0 Å². The topological polar surface area (TPSA) is 115 Å². The van der Waals surface area contributed by atoms with Crippen LogP contribution in [0.4, 0.5) is 0 Å². The van der Waals surface area contributed by atoms with Gasteiger partial charge in [0, 0.05) is 24.1 Å². The molecule has 2 atom stereocenters. The number of nitrogens with two attached hydrogens (primary N) is 1. The van der Waals surface area contributed by atoms with Gasteiger partial charge in [0.25, 0.3) is 0 Å². The molecule has 0 radical (unpaired) electrons. The van der Waals surface area contributed by atoms with Crippen LogP contribution >= 0.6 is 15.9 Å². The zero-order valence-electron chi connectivity index (χ0n) is 18.1. The van der Waals surface area contributed by atoms with Crippen LogP contribution in [0, 0.1) is 0 Å². The largest absolute Gasteiger partial charge is 0.494 e. The average Bonchev–Trinajstić information content (AvgIpc) is 2.89. The summed E-state index contributed by atoms with van der Waals surface area (Å²) in [6, 6.07) is 7.47. The minimum Gasteiger partial charge on any atom is -0.494 e. The van der Waals surface area contributed by atoms with Crippen LogP contribution in [0.2, 0.25) is 0 Å². The number of Topliss-reactive ketones (excluding diaryl/α,β-unsaturated/α-hetero) is 1. The van der Waals surface area contributed by atoms with E-state index in [-0.39, 0.29) is 23.9 Å². The van der Waals surface area contributed by atoms with Crippen molar-refractivity contribution in [3.63, 3.8) is 0 Å². The Morgan fingerprint density at radius 3 is 2.84 bits per heavy atom. The summed E-state index contributed by atoms with van der Waals surface area (Å²) in [6.45, 7) is 1.82. The van der Waals surface area contributed by atoms with Gasteiger partial charge in [-0.2, -0.15) is 0 Å². The second kappa shape index (κ2) is 8.15. The lowest BCUT2D eigenvalue weighted by atomic mass is 9.84. The molecule has 170 valence electrons. The molecule has 0 fully saturated rings. The van der Waals surface area contributed by atoms with Gasteiger partial charge in [0.1, 0.15) is 22.2 Å². The van der Waals surface area contributed by atoms with Crippen molar-refractivity contribution in [2.45, 2.75) is 43.4 Å². The van der Waals surface area contributed by atoms with E-state index in [2.05, 4.69) is 25.9 Å². The number of ketones is 1. The van der Waals surface area contributed by atoms with E-state index in [0.29, 0.717) is 16.6 Å². The number of carbonyl (C=O) groups excluding carboxylic acids is 1. The number of pyridine rings is 1. The van der Waals surface area contributed by atoms with Crippen molar-refractivity contribution in [2.75, 3.05) is 14.2 Å². The predicted molar refractivity (Wildman–Crippen MR) is 125 cm³/mol. The standard InChI is InChI=1S/C22H25BrN4O4S/c1-22-16-9-13(10-17(28)20-18(31-3)11-15(23)12-25-20)7-8-14(16)5-4-6-19(22)32(29,30)27(2)21(24)26-22/h7-9,11-12,19H,4-6,10H2,1-3H3,(H2,24,26)/t19-,22+/m0/s1. The average molecular weight is 521 g/mol. The molecule has 4 rings (SSSR count). The minimum absolute atomic E-state index is 0.0260. The Labute approximate surface area is 196 Å². The smallest absolute Gasteiger partial charge is 0.242 e. The highest BCUT2D eigenvalue weighted by atomic mass is 79.9.